The maximum atomic E-state index is 6.26. The number of rotatable bonds is 1. The van der Waals surface area contributed by atoms with Crippen LogP contribution in [0.3, 0.4) is 0 Å². The molecule has 4 nitrogen and oxygen atoms in total. The van der Waals surface area contributed by atoms with Crippen LogP contribution < -0.4 is 0 Å². The Hall–Kier alpha value is 0.359. The number of hydrogen-bond donors (Lipinski definition) is 0. The van der Waals surface area contributed by atoms with Crippen LogP contribution in [0.1, 0.15) is 0 Å². The van der Waals surface area contributed by atoms with Gasteiger partial charge in [0.15, 0.2) is 0 Å². The summed E-state index contributed by atoms with van der Waals surface area (Å²) in [5.74, 6) is 0. The third kappa shape index (κ3) is 65.4. The molecule has 4 N–H and O–H groups in total. The van der Waals surface area contributed by atoms with Gasteiger partial charge in [0.2, 0.25) is 0 Å². The van der Waals surface area contributed by atoms with E-state index in [1.54, 1.807) is 0 Å². The molecule has 51 valence electrons. The summed E-state index contributed by atoms with van der Waals surface area (Å²) in [6.45, 7) is 0.472. The van der Waals surface area contributed by atoms with E-state index in [0.717, 1.165) is 0 Å². The van der Waals surface area contributed by atoms with Crippen molar-refractivity contribution in [3.8, 4) is 0 Å². The maximum Gasteiger partial charge on any atom is 2.00 e. The molecule has 0 aromatic rings. The average Bonchev–Trinajstić information content (AvgIpc) is 1.37. The van der Waals surface area contributed by atoms with E-state index < -0.39 is 0 Å². The Morgan fingerprint density at radius 1 is 0.857 bits per heavy atom. The molecule has 0 aromatic heterocycles. The summed E-state index contributed by atoms with van der Waals surface area (Å²) in [4.78, 5) is 0. The normalized spacial score (nSPS) is 4.29. The molecule has 0 spiro atoms. The standard InChI is InChI=1S/C2H6N2.Cu.2H2O/c3-1-2-4;;;/h3-4H,1-2H2;;2*1H2/q-2;+2;;/p-2. The van der Waals surface area contributed by atoms with Crippen molar-refractivity contribution >= 4 is 0 Å². The monoisotopic (exact) mass is 155 g/mol. The fourth-order valence-electron chi connectivity index (χ4n) is 0. The molecule has 0 fully saturated rings. The molecule has 0 aliphatic rings. The SMILES string of the molecule is [Cu+2].[NH-]CC[NH-].[OH-].[OH-]. The van der Waals surface area contributed by atoms with Crippen molar-refractivity contribution in [2.45, 2.75) is 0 Å². The smallest absolute Gasteiger partial charge is 0.870 e. The van der Waals surface area contributed by atoms with E-state index in [2.05, 4.69) is 0 Å². The van der Waals surface area contributed by atoms with Gasteiger partial charge < -0.3 is 22.4 Å². The van der Waals surface area contributed by atoms with E-state index >= 15 is 0 Å². The predicted octanol–water partition coefficient (Wildman–Crippen LogP) is 0.735. The molecule has 0 heterocycles. The summed E-state index contributed by atoms with van der Waals surface area (Å²) in [6, 6.07) is 0. The minimum atomic E-state index is 0. The van der Waals surface area contributed by atoms with Crippen molar-refractivity contribution in [2.24, 2.45) is 0 Å². The molecule has 1 radical (unpaired) electrons. The van der Waals surface area contributed by atoms with Crippen molar-refractivity contribution in [2.75, 3.05) is 13.1 Å². The van der Waals surface area contributed by atoms with Gasteiger partial charge in [-0.2, -0.15) is 13.1 Å². The number of nitrogens with one attached hydrogen (secondary N) is 2. The van der Waals surface area contributed by atoms with Gasteiger partial charge in [-0.05, 0) is 0 Å². The molecule has 7 heavy (non-hydrogen) atoms. The third-order valence-corrected chi connectivity index (χ3v) is 0.125. The van der Waals surface area contributed by atoms with Crippen LogP contribution in [0.2, 0.25) is 0 Å². The quantitative estimate of drug-likeness (QED) is 0.521. The predicted molar refractivity (Wildman–Crippen MR) is 22.2 cm³/mol. The Bertz CT molecular complexity index is 15.7. The fraction of sp³-hybridized carbons (Fsp3) is 1.00. The van der Waals surface area contributed by atoms with Crippen molar-refractivity contribution in [1.29, 1.82) is 0 Å². The summed E-state index contributed by atoms with van der Waals surface area (Å²) in [5, 5.41) is 0. The Morgan fingerprint density at radius 2 is 1.00 bits per heavy atom. The first-order valence-electron chi connectivity index (χ1n) is 1.21. The minimum absolute atomic E-state index is 0. The molecular weight excluding hydrogens is 148 g/mol. The zero-order chi connectivity index (χ0) is 3.41. The molecule has 0 bridgehead atoms. The Balaban J connectivity index is -0.0000000150. The molecule has 5 heteroatoms. The van der Waals surface area contributed by atoms with Gasteiger partial charge in [0.05, 0.1) is 0 Å². The van der Waals surface area contributed by atoms with Gasteiger partial charge in [-0.3, -0.25) is 0 Å². The van der Waals surface area contributed by atoms with Gasteiger partial charge in [-0.15, -0.1) is 0 Å². The van der Waals surface area contributed by atoms with Crippen molar-refractivity contribution in [1.82, 2.24) is 0 Å². The summed E-state index contributed by atoms with van der Waals surface area (Å²) < 4.78 is 0. The van der Waals surface area contributed by atoms with Crippen LogP contribution in [0.15, 0.2) is 0 Å². The van der Waals surface area contributed by atoms with Crippen LogP contribution >= 0.6 is 0 Å². The van der Waals surface area contributed by atoms with Crippen molar-refractivity contribution in [3.63, 3.8) is 0 Å². The van der Waals surface area contributed by atoms with Gasteiger partial charge in [-0.25, -0.2) is 0 Å². The van der Waals surface area contributed by atoms with Crippen LogP contribution in [-0.2, 0) is 17.1 Å². The van der Waals surface area contributed by atoms with E-state index in [0.29, 0.717) is 0 Å². The Morgan fingerprint density at radius 3 is 1.00 bits per heavy atom. The molecule has 0 aliphatic heterocycles. The molecule has 0 unspecified atom stereocenters. The first-order chi connectivity index (χ1) is 1.91. The molecule has 0 rings (SSSR count). The Kier molecular flexibility index (Phi) is 124. The van der Waals surface area contributed by atoms with Crippen LogP contribution in [-0.4, -0.2) is 24.0 Å². The van der Waals surface area contributed by atoms with Crippen LogP contribution in [0.4, 0.5) is 0 Å². The second kappa shape index (κ2) is 32.8. The van der Waals surface area contributed by atoms with Crippen LogP contribution in [0, 0.1) is 0 Å². The van der Waals surface area contributed by atoms with E-state index in [1.165, 1.54) is 0 Å². The van der Waals surface area contributed by atoms with E-state index in [4.69, 9.17) is 11.5 Å². The molecule has 0 aromatic carbocycles. The van der Waals surface area contributed by atoms with Gasteiger partial charge >= 0.3 is 17.1 Å². The van der Waals surface area contributed by atoms with Gasteiger partial charge in [0, 0.05) is 0 Å². The Labute approximate surface area is 53.3 Å². The summed E-state index contributed by atoms with van der Waals surface area (Å²) >= 11 is 0. The second-order valence-electron chi connectivity index (χ2n) is 0.500. The molecule has 0 amide bonds. The fourth-order valence-corrected chi connectivity index (χ4v) is 0. The van der Waals surface area contributed by atoms with Gasteiger partial charge in [-0.1, -0.05) is 0 Å². The second-order valence-corrected chi connectivity index (χ2v) is 0.500. The van der Waals surface area contributed by atoms with Crippen LogP contribution in [0.25, 0.3) is 11.5 Å². The third-order valence-electron chi connectivity index (χ3n) is 0.125. The largest absolute Gasteiger partial charge is 2.00 e. The summed E-state index contributed by atoms with van der Waals surface area (Å²) in [6.07, 6.45) is 0. The summed E-state index contributed by atoms with van der Waals surface area (Å²) in [7, 11) is 0. The zero-order valence-corrected chi connectivity index (χ0v) is 4.55. The van der Waals surface area contributed by atoms with Crippen molar-refractivity contribution in [3.05, 3.63) is 11.5 Å². The molecule has 0 saturated carbocycles. The minimum Gasteiger partial charge on any atom is -0.870 e. The molecule has 0 atom stereocenters. The molecule has 0 aliphatic carbocycles. The maximum absolute atomic E-state index is 6.26. The molecule has 0 saturated heterocycles. The molecular formula is C2H8CuN2O2-2. The summed E-state index contributed by atoms with van der Waals surface area (Å²) in [5.41, 5.74) is 12.5. The van der Waals surface area contributed by atoms with Crippen LogP contribution in [0.5, 0.6) is 0 Å². The zero-order valence-electron chi connectivity index (χ0n) is 3.61. The van der Waals surface area contributed by atoms with Gasteiger partial charge in [0.1, 0.15) is 0 Å². The van der Waals surface area contributed by atoms with E-state index in [-0.39, 0.29) is 41.1 Å². The topological polar surface area (TPSA) is 108 Å². The average molecular weight is 156 g/mol. The first kappa shape index (κ1) is 26.4. The van der Waals surface area contributed by atoms with E-state index in [9.17, 15) is 0 Å². The van der Waals surface area contributed by atoms with E-state index in [1.807, 2.05) is 0 Å². The number of hydrogen-bond acceptors (Lipinski definition) is 2. The van der Waals surface area contributed by atoms with Crippen molar-refractivity contribution < 1.29 is 28.0 Å². The van der Waals surface area contributed by atoms with Gasteiger partial charge in [0.25, 0.3) is 0 Å². The first-order valence-corrected chi connectivity index (χ1v) is 1.21.